The minimum Gasteiger partial charge on any atom is -0.350 e. The van der Waals surface area contributed by atoms with Gasteiger partial charge in [0, 0.05) is 33.2 Å². The standard InChI is InChI=1S/C4H10N2.C2H5N3O2/c1-2-6-4-3-5-1;1-5(4-7)2(3)6/h5-6H,1-4H2;1H3,(H2,3,6). The first-order chi connectivity index (χ1) is 6.18. The summed E-state index contributed by atoms with van der Waals surface area (Å²) in [5.41, 5.74) is 4.54. The van der Waals surface area contributed by atoms with E-state index in [2.05, 4.69) is 21.7 Å². The first kappa shape index (κ1) is 11.8. The summed E-state index contributed by atoms with van der Waals surface area (Å²) in [5, 5.41) is 9.14. The molecule has 0 radical (unpaired) electrons. The molecule has 13 heavy (non-hydrogen) atoms. The molecule has 2 amide bonds. The van der Waals surface area contributed by atoms with Crippen LogP contribution in [-0.2, 0) is 0 Å². The summed E-state index contributed by atoms with van der Waals surface area (Å²) in [4.78, 5) is 19.1. The summed E-state index contributed by atoms with van der Waals surface area (Å²) < 4.78 is 0. The molecule has 4 N–H and O–H groups in total. The number of piperazine rings is 1. The van der Waals surface area contributed by atoms with Crippen molar-refractivity contribution < 1.29 is 4.79 Å². The van der Waals surface area contributed by atoms with Crippen molar-refractivity contribution in [3.63, 3.8) is 0 Å². The Morgan fingerprint density at radius 2 is 1.69 bits per heavy atom. The Labute approximate surface area is 76.6 Å². The van der Waals surface area contributed by atoms with Crippen molar-refractivity contribution in [1.29, 1.82) is 0 Å². The lowest BCUT2D eigenvalue weighted by Gasteiger charge is -2.11. The molecule has 1 rings (SSSR count). The van der Waals surface area contributed by atoms with Crippen LogP contribution in [0.2, 0.25) is 0 Å². The molecular formula is C6H15N5O2. The Hall–Kier alpha value is -1.21. The highest BCUT2D eigenvalue weighted by Crippen LogP contribution is 1.76. The van der Waals surface area contributed by atoms with Crippen LogP contribution in [0.15, 0.2) is 5.29 Å². The number of carbonyl (C=O) groups is 1. The van der Waals surface area contributed by atoms with Crippen molar-refractivity contribution in [2.75, 3.05) is 33.2 Å². The van der Waals surface area contributed by atoms with Crippen LogP contribution in [0.1, 0.15) is 0 Å². The third-order valence-corrected chi connectivity index (χ3v) is 1.40. The lowest BCUT2D eigenvalue weighted by molar-refractivity contribution is 0.220. The van der Waals surface area contributed by atoms with E-state index < -0.39 is 6.03 Å². The number of hydrogen-bond acceptors (Lipinski definition) is 5. The number of nitrogens with zero attached hydrogens (tertiary/aromatic N) is 2. The Morgan fingerprint density at radius 1 is 1.31 bits per heavy atom. The molecule has 76 valence electrons. The van der Waals surface area contributed by atoms with Gasteiger partial charge in [-0.05, 0) is 0 Å². The van der Waals surface area contributed by atoms with Gasteiger partial charge in [0.1, 0.15) is 0 Å². The second-order valence-electron chi connectivity index (χ2n) is 2.44. The van der Waals surface area contributed by atoms with E-state index in [9.17, 15) is 9.70 Å². The number of nitrogens with one attached hydrogen (secondary N) is 2. The van der Waals surface area contributed by atoms with Crippen LogP contribution in [-0.4, -0.2) is 44.3 Å². The van der Waals surface area contributed by atoms with Crippen molar-refractivity contribution in [3.05, 3.63) is 4.91 Å². The second kappa shape index (κ2) is 7.44. The van der Waals surface area contributed by atoms with Crippen molar-refractivity contribution in [2.45, 2.75) is 0 Å². The first-order valence-corrected chi connectivity index (χ1v) is 3.96. The highest BCUT2D eigenvalue weighted by atomic mass is 16.3. The minimum absolute atomic E-state index is 0.500. The molecule has 0 aromatic carbocycles. The summed E-state index contributed by atoms with van der Waals surface area (Å²) in [5.74, 6) is 0. The number of nitroso groups, excluding NO2 is 1. The third-order valence-electron chi connectivity index (χ3n) is 1.40. The fraction of sp³-hybridized carbons (Fsp3) is 0.833. The molecule has 1 saturated heterocycles. The summed E-state index contributed by atoms with van der Waals surface area (Å²) in [7, 11) is 1.18. The Bertz CT molecular complexity index is 148. The van der Waals surface area contributed by atoms with E-state index in [1.807, 2.05) is 0 Å². The fourth-order valence-electron chi connectivity index (χ4n) is 0.644. The average molecular weight is 189 g/mol. The molecule has 0 bridgehead atoms. The quantitative estimate of drug-likeness (QED) is 0.358. The van der Waals surface area contributed by atoms with Gasteiger partial charge in [0.25, 0.3) is 0 Å². The number of nitrogens with two attached hydrogens (primary N) is 1. The van der Waals surface area contributed by atoms with Gasteiger partial charge >= 0.3 is 6.03 Å². The molecule has 1 heterocycles. The van der Waals surface area contributed by atoms with Gasteiger partial charge in [-0.2, -0.15) is 5.01 Å². The molecule has 7 nitrogen and oxygen atoms in total. The predicted octanol–water partition coefficient (Wildman–Crippen LogP) is -1.14. The van der Waals surface area contributed by atoms with E-state index in [-0.39, 0.29) is 0 Å². The highest BCUT2D eigenvalue weighted by molar-refractivity contribution is 5.71. The minimum atomic E-state index is -0.852. The zero-order chi connectivity index (χ0) is 10.1. The lowest BCUT2D eigenvalue weighted by Crippen LogP contribution is -2.39. The van der Waals surface area contributed by atoms with Crippen LogP contribution in [0.4, 0.5) is 4.79 Å². The zero-order valence-electron chi connectivity index (χ0n) is 7.62. The van der Waals surface area contributed by atoms with E-state index in [1.165, 1.54) is 7.05 Å². The molecule has 0 aromatic rings. The topological polar surface area (TPSA) is 99.8 Å². The normalized spacial score (nSPS) is 15.2. The highest BCUT2D eigenvalue weighted by Gasteiger charge is 1.97. The van der Waals surface area contributed by atoms with Gasteiger partial charge in [0.15, 0.2) is 0 Å². The predicted molar refractivity (Wildman–Crippen MR) is 48.9 cm³/mol. The van der Waals surface area contributed by atoms with Crippen LogP contribution in [0, 0.1) is 4.91 Å². The molecule has 0 unspecified atom stereocenters. The Kier molecular flexibility index (Phi) is 6.75. The van der Waals surface area contributed by atoms with Gasteiger partial charge in [-0.25, -0.2) is 4.79 Å². The van der Waals surface area contributed by atoms with Crippen molar-refractivity contribution in [3.8, 4) is 0 Å². The van der Waals surface area contributed by atoms with Crippen molar-refractivity contribution >= 4 is 6.03 Å². The van der Waals surface area contributed by atoms with Crippen LogP contribution in [0.5, 0.6) is 0 Å². The van der Waals surface area contributed by atoms with Gasteiger partial charge < -0.3 is 16.4 Å². The molecule has 0 spiro atoms. The molecule has 0 aliphatic carbocycles. The van der Waals surface area contributed by atoms with Crippen LogP contribution in [0.25, 0.3) is 0 Å². The summed E-state index contributed by atoms with van der Waals surface area (Å²) in [6, 6.07) is -0.852. The maximum atomic E-state index is 9.78. The van der Waals surface area contributed by atoms with Gasteiger partial charge in [0.2, 0.25) is 0 Å². The molecule has 1 aliphatic heterocycles. The summed E-state index contributed by atoms with van der Waals surface area (Å²) in [6.07, 6.45) is 0. The Morgan fingerprint density at radius 3 is 1.77 bits per heavy atom. The number of amides is 2. The van der Waals surface area contributed by atoms with Gasteiger partial charge in [-0.15, -0.1) is 4.91 Å². The number of hydrogen-bond donors (Lipinski definition) is 3. The number of carbonyl (C=O) groups excluding carboxylic acids is 1. The summed E-state index contributed by atoms with van der Waals surface area (Å²) in [6.45, 7) is 4.56. The van der Waals surface area contributed by atoms with Crippen molar-refractivity contribution in [1.82, 2.24) is 15.6 Å². The maximum absolute atomic E-state index is 9.78. The molecule has 0 saturated carbocycles. The zero-order valence-corrected chi connectivity index (χ0v) is 7.62. The number of rotatable bonds is 1. The molecular weight excluding hydrogens is 174 g/mol. The number of urea groups is 1. The molecule has 0 atom stereocenters. The smallest absolute Gasteiger partial charge is 0.337 e. The molecule has 1 fully saturated rings. The van der Waals surface area contributed by atoms with E-state index >= 15 is 0 Å². The van der Waals surface area contributed by atoms with E-state index in [4.69, 9.17) is 0 Å². The van der Waals surface area contributed by atoms with E-state index in [0.29, 0.717) is 5.01 Å². The molecule has 1 aliphatic rings. The van der Waals surface area contributed by atoms with Gasteiger partial charge in [-0.3, -0.25) is 0 Å². The fourth-order valence-corrected chi connectivity index (χ4v) is 0.644. The Balaban J connectivity index is 0.000000223. The van der Waals surface area contributed by atoms with Crippen molar-refractivity contribution in [2.24, 2.45) is 11.0 Å². The largest absolute Gasteiger partial charge is 0.350 e. The first-order valence-electron chi connectivity index (χ1n) is 3.96. The molecule has 7 heteroatoms. The third kappa shape index (κ3) is 7.16. The SMILES string of the molecule is C1CNCCN1.CN(N=O)C(N)=O. The lowest BCUT2D eigenvalue weighted by atomic mass is 10.4. The van der Waals surface area contributed by atoms with E-state index in [1.54, 1.807) is 0 Å². The summed E-state index contributed by atoms with van der Waals surface area (Å²) >= 11 is 0. The van der Waals surface area contributed by atoms with E-state index in [0.717, 1.165) is 26.2 Å². The van der Waals surface area contributed by atoms with Crippen LogP contribution >= 0.6 is 0 Å². The maximum Gasteiger partial charge on any atom is 0.337 e. The average Bonchev–Trinajstić information content (AvgIpc) is 2.20. The van der Waals surface area contributed by atoms with Gasteiger partial charge in [-0.1, -0.05) is 0 Å². The second-order valence-corrected chi connectivity index (χ2v) is 2.44. The molecule has 0 aromatic heterocycles. The van der Waals surface area contributed by atoms with Gasteiger partial charge in [0.05, 0.1) is 5.29 Å². The van der Waals surface area contributed by atoms with Crippen LogP contribution in [0.3, 0.4) is 0 Å². The number of primary amides is 1. The monoisotopic (exact) mass is 189 g/mol. The van der Waals surface area contributed by atoms with Crippen LogP contribution < -0.4 is 16.4 Å².